The van der Waals surface area contributed by atoms with E-state index in [9.17, 15) is 16.8 Å². The van der Waals surface area contributed by atoms with Crippen LogP contribution in [0, 0.1) is 13.8 Å². The minimum atomic E-state index is -3.28. The number of hydrogen-bond acceptors (Lipinski definition) is 8. The van der Waals surface area contributed by atoms with E-state index in [0.29, 0.717) is 13.1 Å². The number of hydrogen-bond donors (Lipinski definition) is 0. The zero-order chi connectivity index (χ0) is 38.4. The summed E-state index contributed by atoms with van der Waals surface area (Å²) >= 11 is 0. The molecule has 292 valence electrons. The van der Waals surface area contributed by atoms with Gasteiger partial charge in [-0.2, -0.15) is 0 Å². The summed E-state index contributed by atoms with van der Waals surface area (Å²) in [6.45, 7) is 8.83. The van der Waals surface area contributed by atoms with Gasteiger partial charge in [0.1, 0.15) is 10.5 Å². The second-order valence-corrected chi connectivity index (χ2v) is 19.7. The Hall–Kier alpha value is -4.36. The van der Waals surface area contributed by atoms with Crippen molar-refractivity contribution in [2.24, 2.45) is 0 Å². The van der Waals surface area contributed by atoms with E-state index in [0.717, 1.165) is 61.2 Å². The molecule has 8 rings (SSSR count). The Kier molecular flexibility index (Phi) is 11.7. The van der Waals surface area contributed by atoms with Gasteiger partial charge in [0.05, 0.1) is 0 Å². The van der Waals surface area contributed by atoms with Crippen LogP contribution in [0.15, 0.2) is 85.5 Å². The third kappa shape index (κ3) is 8.42. The fourth-order valence-electron chi connectivity index (χ4n) is 8.27. The number of fused-ring (bicyclic) bond motifs is 6. The van der Waals surface area contributed by atoms with E-state index in [1.54, 1.807) is 30.9 Å². The Morgan fingerprint density at radius 2 is 1.11 bits per heavy atom. The monoisotopic (exact) mass is 782 g/mol. The van der Waals surface area contributed by atoms with Crippen LogP contribution in [0.5, 0.6) is 0 Å². The number of sulfone groups is 2. The van der Waals surface area contributed by atoms with Crippen LogP contribution in [-0.4, -0.2) is 85.4 Å². The third-order valence-corrected chi connectivity index (χ3v) is 14.0. The van der Waals surface area contributed by atoms with Gasteiger partial charge < -0.3 is 18.9 Å². The normalized spacial score (nSPS) is 16.1. The third-order valence-electron chi connectivity index (χ3n) is 11.1. The molecule has 2 atom stereocenters. The van der Waals surface area contributed by atoms with Gasteiger partial charge in [0, 0.05) is 123 Å². The topological polar surface area (TPSA) is 110 Å². The van der Waals surface area contributed by atoms with Gasteiger partial charge in [-0.05, 0) is 92.7 Å². The molecule has 10 nitrogen and oxygen atoms in total. The summed E-state index contributed by atoms with van der Waals surface area (Å²) in [6, 6.07) is 20.2. The second kappa shape index (κ2) is 16.0. The number of benzene rings is 2. The summed E-state index contributed by atoms with van der Waals surface area (Å²) in [6.07, 6.45) is 11.2. The van der Waals surface area contributed by atoms with E-state index in [2.05, 4.69) is 93.2 Å². The van der Waals surface area contributed by atoms with Gasteiger partial charge in [-0.1, -0.05) is 36.8 Å². The summed E-state index contributed by atoms with van der Waals surface area (Å²) in [5, 5.41) is 1.31. The molecule has 0 aliphatic carbocycles. The summed E-state index contributed by atoms with van der Waals surface area (Å²) in [5.74, 6) is 0. The smallest absolute Gasteiger partial charge is 0.156 e. The molecule has 4 aromatic heterocycles. The van der Waals surface area contributed by atoms with Gasteiger partial charge in [0.2, 0.25) is 0 Å². The Bertz CT molecular complexity index is 2350. The van der Waals surface area contributed by atoms with Crippen molar-refractivity contribution in [3.8, 4) is 0 Å². The fraction of sp³-hybridized carbons (Fsp3) is 0.395. The molecule has 0 radical (unpaired) electrons. The number of pyridine rings is 2. The lowest BCUT2D eigenvalue weighted by Crippen LogP contribution is -2.28. The number of likely N-dealkylation sites (N-methyl/N-ethyl adjacent to an activating group) is 2. The Morgan fingerprint density at radius 1 is 0.636 bits per heavy atom. The maximum Gasteiger partial charge on any atom is 0.156 e. The molecule has 0 amide bonds. The first kappa shape index (κ1) is 40.3. The molecular weight excluding hydrogens is 729 g/mol. The first-order valence-electron chi connectivity index (χ1n) is 18.4. The zero-order valence-corrected chi connectivity index (χ0v) is 33.7. The van der Waals surface area contributed by atoms with E-state index in [-0.39, 0.29) is 7.43 Å². The van der Waals surface area contributed by atoms with Crippen LogP contribution >= 0.6 is 0 Å². The van der Waals surface area contributed by atoms with Crippen LogP contribution in [-0.2, 0) is 58.7 Å². The van der Waals surface area contributed by atoms with E-state index in [1.807, 2.05) is 18.2 Å². The largest absolute Gasteiger partial charge is 0.343 e. The molecule has 0 saturated heterocycles. The average Bonchev–Trinajstić information content (AvgIpc) is 3.59. The van der Waals surface area contributed by atoms with Gasteiger partial charge in [0.25, 0.3) is 0 Å². The number of nitrogens with zero attached hydrogens (tertiary/aromatic N) is 6. The molecule has 0 fully saturated rings. The summed E-state index contributed by atoms with van der Waals surface area (Å²) in [5.41, 5.74) is 11.5. The quantitative estimate of drug-likeness (QED) is 0.165. The molecule has 6 heterocycles. The molecule has 55 heavy (non-hydrogen) atoms. The number of aryl methyl sites for hydroxylation is 2. The Balaban J connectivity index is 0.000000184. The highest BCUT2D eigenvalue weighted by molar-refractivity contribution is 7.91. The standard InChI is InChI=1S/2C21H25N3O2S.CH4/c1-15-4-5-19-17(12-15)18-13-23(2)11-8-20(18)24(19)14-21(27(3,25)26)16-6-9-22-10-7-16;1-15-6-7-19-17(11-15)18-13-23(2)10-8-20(18)24(19)14-21(27(3,25)26)16-5-4-9-22-12-16;/h4-7,9-10,12,21H,8,11,13-14H2,1-3H3;4-7,9,11-12,21H,8,10,13-14H2,1-3H3;1H4. The summed E-state index contributed by atoms with van der Waals surface area (Å²) in [7, 11) is -2.27. The van der Waals surface area contributed by atoms with Crippen LogP contribution in [0.1, 0.15) is 62.7 Å². The van der Waals surface area contributed by atoms with Crippen LogP contribution < -0.4 is 0 Å². The van der Waals surface area contributed by atoms with E-state index in [4.69, 9.17) is 0 Å². The van der Waals surface area contributed by atoms with Crippen LogP contribution in [0.4, 0.5) is 0 Å². The number of rotatable bonds is 8. The van der Waals surface area contributed by atoms with Crippen molar-refractivity contribution >= 4 is 41.5 Å². The van der Waals surface area contributed by atoms with Crippen molar-refractivity contribution in [2.75, 3.05) is 39.7 Å². The first-order valence-corrected chi connectivity index (χ1v) is 22.4. The van der Waals surface area contributed by atoms with Crippen LogP contribution in [0.3, 0.4) is 0 Å². The van der Waals surface area contributed by atoms with Crippen molar-refractivity contribution in [3.05, 3.63) is 130 Å². The van der Waals surface area contributed by atoms with Crippen molar-refractivity contribution in [1.29, 1.82) is 0 Å². The second-order valence-electron chi connectivity index (χ2n) is 15.3. The minimum Gasteiger partial charge on any atom is -0.343 e. The lowest BCUT2D eigenvalue weighted by Gasteiger charge is -2.25. The molecule has 0 spiro atoms. The van der Waals surface area contributed by atoms with Gasteiger partial charge >= 0.3 is 0 Å². The first-order chi connectivity index (χ1) is 25.7. The van der Waals surface area contributed by atoms with Gasteiger partial charge in [-0.15, -0.1) is 0 Å². The molecule has 2 aromatic carbocycles. The lowest BCUT2D eigenvalue weighted by atomic mass is 10.0. The molecule has 6 aromatic rings. The maximum atomic E-state index is 12.6. The van der Waals surface area contributed by atoms with Gasteiger partial charge in [0.15, 0.2) is 19.7 Å². The maximum absolute atomic E-state index is 12.6. The Labute approximate surface area is 326 Å². The zero-order valence-electron chi connectivity index (χ0n) is 32.0. The van der Waals surface area contributed by atoms with Crippen molar-refractivity contribution < 1.29 is 16.8 Å². The van der Waals surface area contributed by atoms with Crippen molar-refractivity contribution in [1.82, 2.24) is 28.9 Å². The van der Waals surface area contributed by atoms with Crippen LogP contribution in [0.2, 0.25) is 0 Å². The highest BCUT2D eigenvalue weighted by Gasteiger charge is 2.30. The predicted molar refractivity (Wildman–Crippen MR) is 224 cm³/mol. The van der Waals surface area contributed by atoms with Crippen molar-refractivity contribution in [2.45, 2.75) is 70.8 Å². The Morgan fingerprint density at radius 3 is 1.55 bits per heavy atom. The highest BCUT2D eigenvalue weighted by atomic mass is 32.2. The van der Waals surface area contributed by atoms with Gasteiger partial charge in [-0.25, -0.2) is 16.8 Å². The van der Waals surface area contributed by atoms with Crippen molar-refractivity contribution in [3.63, 3.8) is 0 Å². The SMILES string of the molecule is C.Cc1ccc2c(c1)c1c(n2CC(c2cccnc2)S(C)(=O)=O)CCN(C)C1.Cc1ccc2c(c1)c1c(n2CC(c2ccncc2)S(C)(=O)=O)CCN(C)C1. The highest BCUT2D eigenvalue weighted by Crippen LogP contribution is 2.36. The summed E-state index contributed by atoms with van der Waals surface area (Å²) in [4.78, 5) is 12.8. The van der Waals surface area contributed by atoms with Crippen LogP contribution in [0.25, 0.3) is 21.8 Å². The minimum absolute atomic E-state index is 0. The molecule has 2 aliphatic rings. The molecule has 2 unspecified atom stereocenters. The predicted octanol–water partition coefficient (Wildman–Crippen LogP) is 6.87. The molecule has 0 bridgehead atoms. The molecule has 0 saturated carbocycles. The average molecular weight is 783 g/mol. The van der Waals surface area contributed by atoms with E-state index < -0.39 is 30.2 Å². The van der Waals surface area contributed by atoms with E-state index in [1.165, 1.54) is 56.9 Å². The molecule has 2 aliphatic heterocycles. The lowest BCUT2D eigenvalue weighted by molar-refractivity contribution is 0.309. The molecule has 12 heteroatoms. The molecule has 0 N–H and O–H groups in total. The molecular formula is C43H54N6O4S2. The number of aromatic nitrogens is 4. The van der Waals surface area contributed by atoms with Gasteiger partial charge in [-0.3, -0.25) is 9.97 Å². The summed E-state index contributed by atoms with van der Waals surface area (Å²) < 4.78 is 55.0. The fourth-order valence-corrected chi connectivity index (χ4v) is 10.4. The van der Waals surface area contributed by atoms with E-state index >= 15 is 0 Å².